The summed E-state index contributed by atoms with van der Waals surface area (Å²) < 4.78 is 31.7. The number of rotatable bonds is 6. The van der Waals surface area contributed by atoms with Crippen molar-refractivity contribution in [2.24, 2.45) is 5.10 Å². The van der Waals surface area contributed by atoms with E-state index in [4.69, 9.17) is 4.74 Å². The van der Waals surface area contributed by atoms with Crippen LogP contribution in [0.15, 0.2) is 52.6 Å². The van der Waals surface area contributed by atoms with Crippen LogP contribution in [-0.4, -0.2) is 70.2 Å². The predicted octanol–water partition coefficient (Wildman–Crippen LogP) is -0.167. The van der Waals surface area contributed by atoms with Crippen molar-refractivity contribution in [3.05, 3.63) is 53.7 Å². The first-order valence-corrected chi connectivity index (χ1v) is 10.6. The molecule has 10 heteroatoms. The molecule has 2 N–H and O–H groups in total. The molecular weight excluding hydrogens is 394 g/mol. The molecule has 2 aromatic rings. The van der Waals surface area contributed by atoms with Gasteiger partial charge in [-0.2, -0.15) is 9.41 Å². The smallest absolute Gasteiger partial charge is 0.338 e. The maximum absolute atomic E-state index is 12.7. The van der Waals surface area contributed by atoms with Crippen LogP contribution in [0.1, 0.15) is 15.9 Å². The van der Waals surface area contributed by atoms with E-state index in [0.717, 1.165) is 13.1 Å². The van der Waals surface area contributed by atoms with Crippen molar-refractivity contribution >= 4 is 28.0 Å². The number of esters is 1. The Bertz CT molecular complexity index is 984. The molecule has 1 aromatic heterocycles. The summed E-state index contributed by atoms with van der Waals surface area (Å²) in [6.45, 7) is 2.57. The number of hydrazone groups is 1. The highest BCUT2D eigenvalue weighted by atomic mass is 32.2. The quantitative estimate of drug-likeness (QED) is 0.384. The Morgan fingerprint density at radius 2 is 1.97 bits per heavy atom. The van der Waals surface area contributed by atoms with Gasteiger partial charge in [0.05, 0.1) is 52.1 Å². The van der Waals surface area contributed by atoms with Crippen LogP contribution in [0.3, 0.4) is 0 Å². The molecule has 29 heavy (non-hydrogen) atoms. The summed E-state index contributed by atoms with van der Waals surface area (Å²) in [5.74, 6) is -0.0659. The normalized spacial score (nSPS) is 16.1. The van der Waals surface area contributed by atoms with Gasteiger partial charge >= 0.3 is 5.97 Å². The minimum Gasteiger partial charge on any atom is -0.465 e. The largest absolute Gasteiger partial charge is 0.465 e. The third kappa shape index (κ3) is 4.97. The molecule has 9 nitrogen and oxygen atoms in total. The molecule has 1 fully saturated rings. The fourth-order valence-electron chi connectivity index (χ4n) is 2.93. The maximum atomic E-state index is 12.7. The Morgan fingerprint density at radius 1 is 1.24 bits per heavy atom. The van der Waals surface area contributed by atoms with Gasteiger partial charge in [-0.15, -0.1) is 0 Å². The molecule has 0 spiro atoms. The number of quaternary nitrogens is 1. The number of nitrogens with zero attached hydrogens (tertiary/aromatic N) is 3. The lowest BCUT2D eigenvalue weighted by Gasteiger charge is -2.29. The first-order chi connectivity index (χ1) is 13.9. The van der Waals surface area contributed by atoms with Crippen molar-refractivity contribution in [3.8, 4) is 0 Å². The van der Waals surface area contributed by atoms with Gasteiger partial charge in [-0.25, -0.2) is 18.2 Å². The number of anilines is 1. The van der Waals surface area contributed by atoms with Crippen LogP contribution in [-0.2, 0) is 14.8 Å². The number of ether oxygens (including phenoxy) is 1. The number of carbonyl (C=O) groups excluding carboxylic acids is 1. The van der Waals surface area contributed by atoms with Crippen LogP contribution in [0.2, 0.25) is 0 Å². The molecule has 1 aliphatic rings. The molecule has 0 unspecified atom stereocenters. The molecule has 2 heterocycles. The van der Waals surface area contributed by atoms with E-state index in [1.165, 1.54) is 34.8 Å². The van der Waals surface area contributed by atoms with Gasteiger partial charge in [-0.3, -0.25) is 5.43 Å². The van der Waals surface area contributed by atoms with E-state index in [-0.39, 0.29) is 4.90 Å². The summed E-state index contributed by atoms with van der Waals surface area (Å²) in [7, 11) is -0.175. The number of sulfonamides is 1. The van der Waals surface area contributed by atoms with Crippen molar-refractivity contribution in [2.45, 2.75) is 4.90 Å². The van der Waals surface area contributed by atoms with E-state index in [2.05, 4.69) is 22.6 Å². The molecule has 1 saturated heterocycles. The number of piperazine rings is 1. The van der Waals surface area contributed by atoms with E-state index in [0.29, 0.717) is 30.0 Å². The molecule has 0 bridgehead atoms. The standard InChI is InChI=1S/C19H23N5O4S/c1-23-9-11-24(12-10-23)29(26,27)16-7-8-18(20-14-16)22-21-13-15-5-3-4-6-17(15)19(25)28-2/h3-8,13-14H,9-12H2,1-2H3,(H,20,22)/p+1/b21-13-. The Hall–Kier alpha value is -2.82. The minimum absolute atomic E-state index is 0.155. The second-order valence-electron chi connectivity index (χ2n) is 6.69. The predicted molar refractivity (Wildman–Crippen MR) is 109 cm³/mol. The molecule has 0 saturated carbocycles. The highest BCUT2D eigenvalue weighted by Crippen LogP contribution is 2.16. The van der Waals surface area contributed by atoms with Gasteiger partial charge in [0.1, 0.15) is 10.7 Å². The summed E-state index contributed by atoms with van der Waals surface area (Å²) >= 11 is 0. The number of likely N-dealkylation sites (N-methyl/N-ethyl adjacent to an activating group) is 1. The lowest BCUT2D eigenvalue weighted by Crippen LogP contribution is -3.12. The second-order valence-corrected chi connectivity index (χ2v) is 8.63. The minimum atomic E-state index is -3.54. The number of aromatic nitrogens is 1. The van der Waals surface area contributed by atoms with E-state index in [1.807, 2.05) is 0 Å². The lowest BCUT2D eigenvalue weighted by atomic mass is 10.1. The van der Waals surface area contributed by atoms with Crippen molar-refractivity contribution in [3.63, 3.8) is 0 Å². The fourth-order valence-corrected chi connectivity index (χ4v) is 4.32. The van der Waals surface area contributed by atoms with Crippen LogP contribution < -0.4 is 10.3 Å². The van der Waals surface area contributed by atoms with Crippen LogP contribution >= 0.6 is 0 Å². The maximum Gasteiger partial charge on any atom is 0.338 e. The second kappa shape index (κ2) is 9.12. The van der Waals surface area contributed by atoms with Gasteiger partial charge < -0.3 is 9.64 Å². The molecule has 3 rings (SSSR count). The number of nitrogens with one attached hydrogen (secondary N) is 2. The summed E-state index contributed by atoms with van der Waals surface area (Å²) in [6.07, 6.45) is 2.80. The number of hydrogen-bond donors (Lipinski definition) is 2. The van der Waals surface area contributed by atoms with Crippen molar-refractivity contribution < 1.29 is 22.8 Å². The Kier molecular flexibility index (Phi) is 6.57. The Labute approximate surface area is 170 Å². The highest BCUT2D eigenvalue weighted by Gasteiger charge is 2.29. The van der Waals surface area contributed by atoms with E-state index < -0.39 is 16.0 Å². The summed E-state index contributed by atoms with van der Waals surface area (Å²) in [5, 5.41) is 4.07. The zero-order chi connectivity index (χ0) is 20.9. The van der Waals surface area contributed by atoms with Crippen molar-refractivity contribution in [1.82, 2.24) is 9.29 Å². The first kappa shape index (κ1) is 20.9. The van der Waals surface area contributed by atoms with Crippen molar-refractivity contribution in [1.29, 1.82) is 0 Å². The summed E-state index contributed by atoms with van der Waals surface area (Å²) in [4.78, 5) is 17.4. The van der Waals surface area contributed by atoms with Gasteiger partial charge in [0.25, 0.3) is 0 Å². The molecule has 0 amide bonds. The van der Waals surface area contributed by atoms with Crippen LogP contribution in [0.4, 0.5) is 5.82 Å². The molecule has 0 atom stereocenters. The topological polar surface area (TPSA) is 105 Å². The SMILES string of the molecule is COC(=O)c1ccccc1/C=N\Nc1ccc(S(=O)(=O)N2CC[NH+](C)CC2)cn1. The van der Waals surface area contributed by atoms with Crippen LogP contribution in [0.5, 0.6) is 0 Å². The van der Waals surface area contributed by atoms with Gasteiger partial charge in [-0.05, 0) is 18.2 Å². The zero-order valence-corrected chi connectivity index (χ0v) is 17.1. The van der Waals surface area contributed by atoms with Gasteiger partial charge in [0.15, 0.2) is 0 Å². The third-order valence-electron chi connectivity index (χ3n) is 4.70. The Balaban J connectivity index is 1.67. The third-order valence-corrected chi connectivity index (χ3v) is 6.58. The fraction of sp³-hybridized carbons (Fsp3) is 0.316. The van der Waals surface area contributed by atoms with Crippen LogP contribution in [0.25, 0.3) is 0 Å². The van der Waals surface area contributed by atoms with Gasteiger partial charge in [0, 0.05) is 11.8 Å². The number of carbonyl (C=O) groups is 1. The lowest BCUT2D eigenvalue weighted by molar-refractivity contribution is -0.883. The first-order valence-electron chi connectivity index (χ1n) is 9.16. The average molecular weight is 418 g/mol. The molecule has 0 aliphatic carbocycles. The van der Waals surface area contributed by atoms with Crippen LogP contribution in [0, 0.1) is 0 Å². The van der Waals surface area contributed by atoms with E-state index >= 15 is 0 Å². The van der Waals surface area contributed by atoms with E-state index in [9.17, 15) is 13.2 Å². The molecular formula is C19H24N5O4S+. The summed E-state index contributed by atoms with van der Waals surface area (Å²) in [6, 6.07) is 9.96. The molecule has 154 valence electrons. The van der Waals surface area contributed by atoms with Gasteiger partial charge in [-0.1, -0.05) is 18.2 Å². The molecule has 0 radical (unpaired) electrons. The number of methoxy groups -OCH3 is 1. The van der Waals surface area contributed by atoms with E-state index in [1.54, 1.807) is 30.3 Å². The number of pyridine rings is 1. The monoisotopic (exact) mass is 418 g/mol. The van der Waals surface area contributed by atoms with Gasteiger partial charge in [0.2, 0.25) is 10.0 Å². The number of benzene rings is 1. The molecule has 1 aromatic carbocycles. The van der Waals surface area contributed by atoms with Crippen molar-refractivity contribution in [2.75, 3.05) is 45.8 Å². The average Bonchev–Trinajstić information content (AvgIpc) is 2.74. The zero-order valence-electron chi connectivity index (χ0n) is 16.3. The number of hydrogen-bond acceptors (Lipinski definition) is 7. The Morgan fingerprint density at radius 3 is 2.62 bits per heavy atom. The summed E-state index contributed by atoms with van der Waals surface area (Å²) in [5.41, 5.74) is 3.71. The molecule has 1 aliphatic heterocycles. The highest BCUT2D eigenvalue weighted by molar-refractivity contribution is 7.89.